The van der Waals surface area contributed by atoms with E-state index in [4.69, 9.17) is 5.11 Å². The number of carboxylic acids is 1. The molecule has 0 aliphatic rings. The Morgan fingerprint density at radius 3 is 2.56 bits per heavy atom. The molecule has 0 radical (unpaired) electrons. The first kappa shape index (κ1) is 14.0. The predicted molar refractivity (Wildman–Crippen MR) is 69.7 cm³/mol. The summed E-state index contributed by atoms with van der Waals surface area (Å²) in [5.74, 6) is -1.37. The maximum atomic E-state index is 11.0. The number of carboxylic acid groups (broad SMARTS) is 1. The molecule has 1 amide bonds. The number of aliphatic carboxylic acids is 1. The largest absolute Gasteiger partial charge is 0.480 e. The zero-order valence-corrected chi connectivity index (χ0v) is 10.8. The van der Waals surface area contributed by atoms with E-state index in [0.29, 0.717) is 0 Å². The SMILES string of the molecule is CC(=O)NC(Cc1cccc(N(C)C)c1)C(=O)O. The molecule has 1 unspecified atom stereocenters. The minimum atomic E-state index is -1.03. The highest BCUT2D eigenvalue weighted by Gasteiger charge is 2.18. The summed E-state index contributed by atoms with van der Waals surface area (Å²) in [6.45, 7) is 1.31. The fraction of sp³-hybridized carbons (Fsp3) is 0.385. The zero-order valence-electron chi connectivity index (χ0n) is 10.8. The lowest BCUT2D eigenvalue weighted by molar-refractivity contribution is -0.141. The molecule has 0 bridgehead atoms. The van der Waals surface area contributed by atoms with Gasteiger partial charge in [-0.2, -0.15) is 0 Å². The highest BCUT2D eigenvalue weighted by atomic mass is 16.4. The third kappa shape index (κ3) is 4.08. The van der Waals surface area contributed by atoms with Crippen LogP contribution in [0.2, 0.25) is 0 Å². The van der Waals surface area contributed by atoms with Gasteiger partial charge in [-0.15, -0.1) is 0 Å². The van der Waals surface area contributed by atoms with E-state index in [2.05, 4.69) is 5.32 Å². The Morgan fingerprint density at radius 2 is 2.06 bits per heavy atom. The van der Waals surface area contributed by atoms with Crippen molar-refractivity contribution in [3.05, 3.63) is 29.8 Å². The Labute approximate surface area is 106 Å². The molecular formula is C13H18N2O3. The van der Waals surface area contributed by atoms with Crippen molar-refractivity contribution in [3.8, 4) is 0 Å². The summed E-state index contributed by atoms with van der Waals surface area (Å²) in [6.07, 6.45) is 0.274. The van der Waals surface area contributed by atoms with Crippen LogP contribution in [0.25, 0.3) is 0 Å². The van der Waals surface area contributed by atoms with Crippen molar-refractivity contribution >= 4 is 17.6 Å². The number of anilines is 1. The number of rotatable bonds is 5. The zero-order chi connectivity index (χ0) is 13.7. The van der Waals surface area contributed by atoms with Crippen LogP contribution in [0.1, 0.15) is 12.5 Å². The average molecular weight is 250 g/mol. The molecule has 0 aromatic heterocycles. The normalized spacial score (nSPS) is 11.7. The van der Waals surface area contributed by atoms with Crippen LogP contribution in [0.5, 0.6) is 0 Å². The van der Waals surface area contributed by atoms with Crippen molar-refractivity contribution in [1.82, 2.24) is 5.32 Å². The van der Waals surface area contributed by atoms with Crippen molar-refractivity contribution in [3.63, 3.8) is 0 Å². The Morgan fingerprint density at radius 1 is 1.39 bits per heavy atom. The van der Waals surface area contributed by atoms with E-state index in [0.717, 1.165) is 11.3 Å². The van der Waals surface area contributed by atoms with Gasteiger partial charge in [0, 0.05) is 33.1 Å². The predicted octanol–water partition coefficient (Wildman–Crippen LogP) is 0.884. The molecule has 1 aromatic rings. The van der Waals surface area contributed by atoms with Crippen LogP contribution < -0.4 is 10.2 Å². The number of carbonyl (C=O) groups excluding carboxylic acids is 1. The standard InChI is InChI=1S/C13H18N2O3/c1-9(16)14-12(13(17)18)8-10-5-4-6-11(7-10)15(2)3/h4-7,12H,8H2,1-3H3,(H,14,16)(H,17,18). The van der Waals surface area contributed by atoms with Crippen LogP contribution in [-0.2, 0) is 16.0 Å². The van der Waals surface area contributed by atoms with Crippen molar-refractivity contribution < 1.29 is 14.7 Å². The fourth-order valence-corrected chi connectivity index (χ4v) is 1.64. The first-order valence-corrected chi connectivity index (χ1v) is 5.66. The fourth-order valence-electron chi connectivity index (χ4n) is 1.64. The summed E-state index contributed by atoms with van der Waals surface area (Å²) >= 11 is 0. The van der Waals surface area contributed by atoms with Crippen LogP contribution in [-0.4, -0.2) is 37.1 Å². The minimum absolute atomic E-state index is 0.274. The number of hydrogen-bond donors (Lipinski definition) is 2. The lowest BCUT2D eigenvalue weighted by Crippen LogP contribution is -2.41. The van der Waals surface area contributed by atoms with Crippen molar-refractivity contribution in [1.29, 1.82) is 0 Å². The van der Waals surface area contributed by atoms with Gasteiger partial charge < -0.3 is 15.3 Å². The van der Waals surface area contributed by atoms with E-state index in [9.17, 15) is 9.59 Å². The van der Waals surface area contributed by atoms with Crippen molar-refractivity contribution in [2.75, 3.05) is 19.0 Å². The van der Waals surface area contributed by atoms with E-state index < -0.39 is 12.0 Å². The third-order valence-electron chi connectivity index (χ3n) is 2.54. The van der Waals surface area contributed by atoms with Crippen LogP contribution in [0.3, 0.4) is 0 Å². The Balaban J connectivity index is 2.83. The van der Waals surface area contributed by atoms with Crippen LogP contribution >= 0.6 is 0 Å². The molecule has 0 heterocycles. The lowest BCUT2D eigenvalue weighted by Gasteiger charge is -2.16. The van der Waals surface area contributed by atoms with Gasteiger partial charge in [0.05, 0.1) is 0 Å². The van der Waals surface area contributed by atoms with E-state index in [1.54, 1.807) is 0 Å². The molecule has 0 aliphatic heterocycles. The number of carbonyl (C=O) groups is 2. The molecule has 0 spiro atoms. The number of benzene rings is 1. The quantitative estimate of drug-likeness (QED) is 0.814. The van der Waals surface area contributed by atoms with E-state index in [1.807, 2.05) is 43.3 Å². The van der Waals surface area contributed by atoms with Crippen molar-refractivity contribution in [2.45, 2.75) is 19.4 Å². The molecule has 0 fully saturated rings. The molecule has 1 aromatic carbocycles. The second-order valence-corrected chi connectivity index (χ2v) is 4.36. The molecule has 0 aliphatic carbocycles. The van der Waals surface area contributed by atoms with Gasteiger partial charge in [-0.25, -0.2) is 4.79 Å². The average Bonchev–Trinajstić information content (AvgIpc) is 2.27. The topological polar surface area (TPSA) is 69.6 Å². The van der Waals surface area contributed by atoms with Gasteiger partial charge in [0.2, 0.25) is 5.91 Å². The number of nitrogens with zero attached hydrogens (tertiary/aromatic N) is 1. The Hall–Kier alpha value is -2.04. The first-order chi connectivity index (χ1) is 8.40. The van der Waals surface area contributed by atoms with E-state index in [-0.39, 0.29) is 12.3 Å². The van der Waals surface area contributed by atoms with E-state index >= 15 is 0 Å². The lowest BCUT2D eigenvalue weighted by atomic mass is 10.1. The maximum Gasteiger partial charge on any atom is 0.326 e. The monoisotopic (exact) mass is 250 g/mol. The summed E-state index contributed by atoms with van der Waals surface area (Å²) in [7, 11) is 3.84. The molecular weight excluding hydrogens is 232 g/mol. The smallest absolute Gasteiger partial charge is 0.326 e. The highest BCUT2D eigenvalue weighted by molar-refractivity contribution is 5.82. The van der Waals surface area contributed by atoms with E-state index in [1.165, 1.54) is 6.92 Å². The number of amides is 1. The summed E-state index contributed by atoms with van der Waals surface area (Å²) in [5, 5.41) is 11.5. The Bertz CT molecular complexity index is 444. The van der Waals surface area contributed by atoms with Gasteiger partial charge in [-0.1, -0.05) is 12.1 Å². The summed E-state index contributed by atoms with van der Waals surface area (Å²) in [4.78, 5) is 23.9. The van der Waals surface area contributed by atoms with Gasteiger partial charge in [-0.3, -0.25) is 4.79 Å². The maximum absolute atomic E-state index is 11.0. The molecule has 2 N–H and O–H groups in total. The van der Waals surface area contributed by atoms with Gasteiger partial charge in [0.15, 0.2) is 0 Å². The third-order valence-corrected chi connectivity index (χ3v) is 2.54. The molecule has 0 saturated carbocycles. The summed E-state index contributed by atoms with van der Waals surface area (Å²) in [6, 6.07) is 6.69. The summed E-state index contributed by atoms with van der Waals surface area (Å²) < 4.78 is 0. The van der Waals surface area contributed by atoms with Gasteiger partial charge in [0.1, 0.15) is 6.04 Å². The van der Waals surface area contributed by atoms with Crippen LogP contribution in [0, 0.1) is 0 Å². The molecule has 1 atom stereocenters. The Kier molecular flexibility index (Phi) is 4.71. The molecule has 5 nitrogen and oxygen atoms in total. The second-order valence-electron chi connectivity index (χ2n) is 4.36. The number of hydrogen-bond acceptors (Lipinski definition) is 3. The van der Waals surface area contributed by atoms with Gasteiger partial charge >= 0.3 is 5.97 Å². The van der Waals surface area contributed by atoms with Crippen LogP contribution in [0.15, 0.2) is 24.3 Å². The first-order valence-electron chi connectivity index (χ1n) is 5.66. The molecule has 0 saturated heterocycles. The van der Waals surface area contributed by atoms with Crippen LogP contribution in [0.4, 0.5) is 5.69 Å². The van der Waals surface area contributed by atoms with Gasteiger partial charge in [0.25, 0.3) is 0 Å². The molecule has 1 rings (SSSR count). The van der Waals surface area contributed by atoms with Gasteiger partial charge in [-0.05, 0) is 17.7 Å². The molecule has 5 heteroatoms. The molecule has 98 valence electrons. The molecule has 18 heavy (non-hydrogen) atoms. The van der Waals surface area contributed by atoms with Crippen molar-refractivity contribution in [2.24, 2.45) is 0 Å². The second kappa shape index (κ2) is 6.05. The summed E-state index contributed by atoms with van der Waals surface area (Å²) in [5.41, 5.74) is 1.88. The number of nitrogens with one attached hydrogen (secondary N) is 1. The highest BCUT2D eigenvalue weighted by Crippen LogP contribution is 2.14. The minimum Gasteiger partial charge on any atom is -0.480 e.